The Morgan fingerprint density at radius 3 is 1.60 bits per heavy atom. The van der Waals surface area contributed by atoms with Gasteiger partial charge in [0.2, 0.25) is 20.0 Å². The molecule has 4 aromatic rings. The number of aryl methyl sites for hydroxylation is 1. The van der Waals surface area contributed by atoms with Gasteiger partial charge in [-0.25, -0.2) is 21.6 Å². The largest absolute Gasteiger partial charge is 0.376 e. The van der Waals surface area contributed by atoms with Gasteiger partial charge >= 0.3 is 0 Å². The summed E-state index contributed by atoms with van der Waals surface area (Å²) < 4.78 is 51.8. The van der Waals surface area contributed by atoms with E-state index >= 15 is 0 Å². The van der Waals surface area contributed by atoms with E-state index in [1.807, 2.05) is 67.6 Å². The first kappa shape index (κ1) is 41.9. The number of aliphatic hydroxyl groups is 1. The monoisotopic (exact) mass is 714 g/mol. The van der Waals surface area contributed by atoms with Crippen LogP contribution in [0.3, 0.4) is 0 Å². The van der Waals surface area contributed by atoms with Crippen LogP contribution in [0.4, 0.5) is 0 Å². The van der Waals surface area contributed by atoms with Crippen molar-refractivity contribution in [2.75, 3.05) is 14.1 Å². The quantitative estimate of drug-likeness (QED) is 0.121. The molecule has 0 heterocycles. The summed E-state index contributed by atoms with van der Waals surface area (Å²) in [4.78, 5) is 0.583. The fraction of sp³-hybridized carbons (Fsp3) is 0.317. The van der Waals surface area contributed by atoms with Crippen LogP contribution in [0.25, 0.3) is 0 Å². The number of benzene rings is 4. The van der Waals surface area contributed by atoms with Crippen LogP contribution in [0.15, 0.2) is 125 Å². The predicted octanol–water partition coefficient (Wildman–Crippen LogP) is 8.06. The topological polar surface area (TPSA) is 104 Å². The summed E-state index contributed by atoms with van der Waals surface area (Å²) in [6.45, 7) is 6.16. The maximum Gasteiger partial charge on any atom is 0.244 e. The highest BCUT2D eigenvalue weighted by Gasteiger charge is 2.27. The number of sulfonamides is 2. The van der Waals surface area contributed by atoms with Crippen molar-refractivity contribution in [3.05, 3.63) is 132 Å². The molecule has 0 amide bonds. The number of unbranched alkanes of at least 4 members (excludes halogenated alkanes) is 4. The van der Waals surface area contributed by atoms with Gasteiger partial charge in [-0.2, -0.15) is 4.31 Å². The number of hydrogen-bond donors (Lipinski definition) is 2. The molecule has 2 unspecified atom stereocenters. The second-order valence-electron chi connectivity index (χ2n) is 11.3. The molecule has 50 heavy (non-hydrogen) atoms. The van der Waals surface area contributed by atoms with Crippen molar-refractivity contribution in [2.24, 2.45) is 0 Å². The molecule has 7 nitrogen and oxygen atoms in total. The Bertz CT molecular complexity index is 1880. The molecule has 0 spiro atoms. The van der Waals surface area contributed by atoms with Gasteiger partial charge in [-0.1, -0.05) is 135 Å². The van der Waals surface area contributed by atoms with E-state index in [1.54, 1.807) is 61.6 Å². The SMILES string of the molecule is CCCCC#CC(O)c1ccccc1.CCCCC#CC(c1ccccc1)N(C)S(=O)(=O)c1ccccc1.CNS(=O)(=O)c1ccc(C)cc1. The highest BCUT2D eigenvalue weighted by Crippen LogP contribution is 2.25. The first-order valence-electron chi connectivity index (χ1n) is 16.8. The highest BCUT2D eigenvalue weighted by molar-refractivity contribution is 7.89. The normalized spacial score (nSPS) is 12.0. The Morgan fingerprint density at radius 2 is 1.12 bits per heavy atom. The lowest BCUT2D eigenvalue weighted by Crippen LogP contribution is -2.30. The molecule has 0 fully saturated rings. The first-order valence-corrected chi connectivity index (χ1v) is 19.7. The smallest absolute Gasteiger partial charge is 0.244 e. The van der Waals surface area contributed by atoms with Crippen LogP contribution in [0.5, 0.6) is 0 Å². The van der Waals surface area contributed by atoms with Crippen molar-refractivity contribution >= 4 is 20.0 Å². The van der Waals surface area contributed by atoms with Crippen LogP contribution in [-0.4, -0.2) is 40.3 Å². The fourth-order valence-corrected chi connectivity index (χ4v) is 6.35. The zero-order valence-corrected chi connectivity index (χ0v) is 31.3. The molecule has 0 bridgehead atoms. The Balaban J connectivity index is 0.000000283. The Morgan fingerprint density at radius 1 is 0.660 bits per heavy atom. The van der Waals surface area contributed by atoms with E-state index in [2.05, 4.69) is 42.3 Å². The van der Waals surface area contributed by atoms with Crippen molar-refractivity contribution in [2.45, 2.75) is 81.2 Å². The van der Waals surface area contributed by atoms with Crippen LogP contribution in [0.1, 0.15) is 81.2 Å². The molecule has 0 radical (unpaired) electrons. The molecule has 0 aliphatic carbocycles. The zero-order chi connectivity index (χ0) is 36.8. The Labute approximate surface area is 300 Å². The van der Waals surface area contributed by atoms with Crippen LogP contribution >= 0.6 is 0 Å². The Kier molecular flexibility index (Phi) is 18.9. The minimum absolute atomic E-state index is 0.281. The molecule has 2 N–H and O–H groups in total. The van der Waals surface area contributed by atoms with Crippen LogP contribution in [0, 0.1) is 30.6 Å². The molecule has 2 atom stereocenters. The van der Waals surface area contributed by atoms with Gasteiger partial charge in [-0.15, -0.1) is 11.8 Å². The van der Waals surface area contributed by atoms with Gasteiger partial charge in [0.05, 0.1) is 9.79 Å². The lowest BCUT2D eigenvalue weighted by atomic mass is 10.1. The summed E-state index contributed by atoms with van der Waals surface area (Å²) in [7, 11) is -3.87. The van der Waals surface area contributed by atoms with Gasteiger partial charge in [-0.3, -0.25) is 0 Å². The lowest BCUT2D eigenvalue weighted by molar-refractivity contribution is 0.238. The van der Waals surface area contributed by atoms with Crippen LogP contribution in [-0.2, 0) is 20.0 Å². The van der Waals surface area contributed by atoms with E-state index in [1.165, 1.54) is 11.4 Å². The molecule has 0 aromatic heterocycles. The molecule has 4 aromatic carbocycles. The summed E-state index contributed by atoms with van der Waals surface area (Å²) in [5, 5.41) is 9.65. The summed E-state index contributed by atoms with van der Waals surface area (Å²) in [6, 6.07) is 33.8. The van der Waals surface area contributed by atoms with E-state index in [4.69, 9.17) is 0 Å². The third-order valence-electron chi connectivity index (χ3n) is 7.40. The summed E-state index contributed by atoms with van der Waals surface area (Å²) >= 11 is 0. The van der Waals surface area contributed by atoms with Crippen molar-refractivity contribution in [3.8, 4) is 23.7 Å². The minimum atomic E-state index is -3.60. The number of hydrogen-bond acceptors (Lipinski definition) is 5. The van der Waals surface area contributed by atoms with Gasteiger partial charge in [0.25, 0.3) is 0 Å². The van der Waals surface area contributed by atoms with E-state index in [0.717, 1.165) is 55.2 Å². The number of aliphatic hydroxyl groups excluding tert-OH is 1. The minimum Gasteiger partial charge on any atom is -0.376 e. The molecule has 0 aliphatic rings. The molecule has 0 saturated carbocycles. The van der Waals surface area contributed by atoms with Crippen molar-refractivity contribution in [1.29, 1.82) is 0 Å². The number of nitrogens with zero attached hydrogens (tertiary/aromatic N) is 1. The predicted molar refractivity (Wildman–Crippen MR) is 204 cm³/mol. The van der Waals surface area contributed by atoms with Crippen molar-refractivity contribution in [3.63, 3.8) is 0 Å². The second-order valence-corrected chi connectivity index (χ2v) is 15.2. The van der Waals surface area contributed by atoms with E-state index in [9.17, 15) is 21.9 Å². The highest BCUT2D eigenvalue weighted by atomic mass is 32.2. The maximum absolute atomic E-state index is 12.9. The fourth-order valence-electron chi connectivity index (χ4n) is 4.34. The zero-order valence-electron chi connectivity index (χ0n) is 29.7. The van der Waals surface area contributed by atoms with Gasteiger partial charge < -0.3 is 5.11 Å². The molecule has 4 rings (SSSR count). The first-order chi connectivity index (χ1) is 24.0. The van der Waals surface area contributed by atoms with Gasteiger partial charge in [-0.05, 0) is 62.2 Å². The third kappa shape index (κ3) is 14.3. The van der Waals surface area contributed by atoms with Crippen LogP contribution in [0.2, 0.25) is 0 Å². The molecule has 266 valence electrons. The summed E-state index contributed by atoms with van der Waals surface area (Å²) in [6.07, 6.45) is 5.37. The van der Waals surface area contributed by atoms with Gasteiger partial charge in [0.1, 0.15) is 12.1 Å². The molecular formula is C41H50N2O5S2. The van der Waals surface area contributed by atoms with Gasteiger partial charge in [0, 0.05) is 19.9 Å². The van der Waals surface area contributed by atoms with Crippen LogP contribution < -0.4 is 4.72 Å². The molecule has 0 aliphatic heterocycles. The van der Waals surface area contributed by atoms with Gasteiger partial charge in [0.15, 0.2) is 0 Å². The van der Waals surface area contributed by atoms with Crippen molar-refractivity contribution < 1.29 is 21.9 Å². The third-order valence-corrected chi connectivity index (χ3v) is 10.7. The van der Waals surface area contributed by atoms with E-state index in [0.29, 0.717) is 4.90 Å². The number of nitrogens with one attached hydrogen (secondary N) is 1. The van der Waals surface area contributed by atoms with Crippen molar-refractivity contribution in [1.82, 2.24) is 9.03 Å². The summed E-state index contributed by atoms with van der Waals surface area (Å²) in [5.74, 6) is 12.1. The molecular weight excluding hydrogens is 665 g/mol. The Hall–Kier alpha value is -4.22. The molecule has 9 heteroatoms. The molecule has 0 saturated heterocycles. The van der Waals surface area contributed by atoms with E-state index < -0.39 is 32.2 Å². The second kappa shape index (κ2) is 22.5. The van der Waals surface area contributed by atoms with E-state index in [-0.39, 0.29) is 4.90 Å². The summed E-state index contributed by atoms with van der Waals surface area (Å²) in [5.41, 5.74) is 2.80. The average molecular weight is 715 g/mol. The number of rotatable bonds is 11. The standard InChI is InChI=1S/C20H23NO2S.C13H16O.C8H11NO2S/c1-3-4-5-12-17-20(18-13-8-6-9-14-18)21(2)24(22,23)19-15-10-7-11-16-19;1-2-3-4-8-11-13(14)12-9-6-5-7-10-12;1-7-3-5-8(6-4-7)12(10,11)9-2/h6-11,13-16,20H,3-5H2,1-2H3;5-7,9-10,13-14H,2-4H2,1H3;3-6,9H,1-2H3. The lowest BCUT2D eigenvalue weighted by Gasteiger charge is -2.24. The maximum atomic E-state index is 12.9. The average Bonchev–Trinajstić information content (AvgIpc) is 3.15.